The van der Waals surface area contributed by atoms with Crippen LogP contribution in [0.5, 0.6) is 0 Å². The predicted octanol–water partition coefficient (Wildman–Crippen LogP) is 3.51. The van der Waals surface area contributed by atoms with Crippen molar-refractivity contribution in [2.24, 2.45) is 5.92 Å². The van der Waals surface area contributed by atoms with E-state index in [2.05, 4.69) is 0 Å². The third-order valence-electron chi connectivity index (χ3n) is 3.49. The Morgan fingerprint density at radius 1 is 1.33 bits per heavy atom. The summed E-state index contributed by atoms with van der Waals surface area (Å²) in [4.78, 5) is 12.2. The molecule has 0 bridgehead atoms. The molecular weight excluding hydrogens is 271 g/mol. The summed E-state index contributed by atoms with van der Waals surface area (Å²) in [6, 6.07) is 9.14. The number of ketones is 1. The first kappa shape index (κ1) is 13.9. The van der Waals surface area contributed by atoms with Crippen LogP contribution in [0.15, 0.2) is 30.3 Å². The molecule has 0 radical (unpaired) electrons. The Kier molecular flexibility index (Phi) is 4.66. The highest BCUT2D eigenvalue weighted by molar-refractivity contribution is 6.34. The van der Waals surface area contributed by atoms with Gasteiger partial charge in [-0.25, -0.2) is 0 Å². The van der Waals surface area contributed by atoms with E-state index in [1.807, 2.05) is 18.2 Å². The van der Waals surface area contributed by atoms with Crippen LogP contribution in [0.25, 0.3) is 0 Å². The van der Waals surface area contributed by atoms with Crippen LogP contribution in [0, 0.1) is 5.92 Å². The average Bonchev–Trinajstić information content (AvgIpc) is 2.79. The number of Topliss-reactive ketones (excluding diaryl/α,β-unsaturated/α-hetero) is 1. The van der Waals surface area contributed by atoms with Crippen molar-refractivity contribution in [2.75, 3.05) is 7.11 Å². The van der Waals surface area contributed by atoms with Gasteiger partial charge in [-0.15, -0.1) is 23.2 Å². The fourth-order valence-corrected chi connectivity index (χ4v) is 3.21. The molecule has 0 saturated heterocycles. The maximum absolute atomic E-state index is 12.2. The second-order valence-electron chi connectivity index (χ2n) is 4.65. The van der Waals surface area contributed by atoms with Gasteiger partial charge in [-0.3, -0.25) is 4.79 Å². The van der Waals surface area contributed by atoms with Crippen LogP contribution in [0.4, 0.5) is 0 Å². The Morgan fingerprint density at radius 3 is 2.56 bits per heavy atom. The Bertz CT molecular complexity index is 408. The number of hydrogen-bond donors (Lipinski definition) is 0. The van der Waals surface area contributed by atoms with E-state index in [9.17, 15) is 4.79 Å². The largest absolute Gasteiger partial charge is 0.380 e. The monoisotopic (exact) mass is 286 g/mol. The number of benzene rings is 1. The number of carbonyl (C=O) groups is 1. The van der Waals surface area contributed by atoms with Crippen molar-refractivity contribution in [3.8, 4) is 0 Å². The van der Waals surface area contributed by atoms with Crippen LogP contribution in [0.2, 0.25) is 0 Å². The number of ether oxygens (including phenoxy) is 1. The van der Waals surface area contributed by atoms with Gasteiger partial charge in [0.25, 0.3) is 0 Å². The van der Waals surface area contributed by atoms with E-state index in [1.54, 1.807) is 19.2 Å². The SMILES string of the molecule is COC1CC(C(Cl)C(=O)c2ccccc2)CC1Cl. The first-order chi connectivity index (χ1) is 8.63. The molecule has 4 heteroatoms. The van der Waals surface area contributed by atoms with Crippen molar-refractivity contribution in [2.45, 2.75) is 29.7 Å². The van der Waals surface area contributed by atoms with E-state index in [0.29, 0.717) is 5.56 Å². The molecule has 2 nitrogen and oxygen atoms in total. The molecule has 1 saturated carbocycles. The summed E-state index contributed by atoms with van der Waals surface area (Å²) in [5.41, 5.74) is 0.657. The van der Waals surface area contributed by atoms with Crippen molar-refractivity contribution < 1.29 is 9.53 Å². The molecule has 1 fully saturated rings. The topological polar surface area (TPSA) is 26.3 Å². The molecule has 1 aliphatic rings. The van der Waals surface area contributed by atoms with E-state index >= 15 is 0 Å². The van der Waals surface area contributed by atoms with Gasteiger partial charge in [-0.1, -0.05) is 30.3 Å². The molecule has 2 rings (SSSR count). The van der Waals surface area contributed by atoms with Crippen molar-refractivity contribution in [3.05, 3.63) is 35.9 Å². The molecule has 4 atom stereocenters. The number of methoxy groups -OCH3 is 1. The third-order valence-corrected chi connectivity index (χ3v) is 4.51. The molecule has 0 N–H and O–H groups in total. The van der Waals surface area contributed by atoms with Gasteiger partial charge in [0.1, 0.15) is 0 Å². The number of rotatable bonds is 4. The minimum atomic E-state index is -0.520. The van der Waals surface area contributed by atoms with Crippen LogP contribution in [-0.2, 0) is 4.74 Å². The Morgan fingerprint density at radius 2 is 2.00 bits per heavy atom. The van der Waals surface area contributed by atoms with Gasteiger partial charge in [-0.05, 0) is 18.8 Å². The Balaban J connectivity index is 2.04. The molecule has 98 valence electrons. The summed E-state index contributed by atoms with van der Waals surface area (Å²) in [5, 5.41) is -0.571. The van der Waals surface area contributed by atoms with Crippen molar-refractivity contribution >= 4 is 29.0 Å². The zero-order valence-electron chi connectivity index (χ0n) is 10.2. The summed E-state index contributed by atoms with van der Waals surface area (Å²) >= 11 is 12.5. The molecular formula is C14H16Cl2O2. The smallest absolute Gasteiger partial charge is 0.180 e. The molecule has 0 spiro atoms. The lowest BCUT2D eigenvalue weighted by atomic mass is 9.96. The van der Waals surface area contributed by atoms with E-state index in [1.165, 1.54) is 0 Å². The highest BCUT2D eigenvalue weighted by atomic mass is 35.5. The third kappa shape index (κ3) is 2.87. The average molecular weight is 287 g/mol. The minimum Gasteiger partial charge on any atom is -0.380 e. The summed E-state index contributed by atoms with van der Waals surface area (Å²) < 4.78 is 5.29. The quantitative estimate of drug-likeness (QED) is 0.625. The standard InChI is InChI=1S/C14H16Cl2O2/c1-18-12-8-10(7-11(12)15)13(16)14(17)9-5-3-2-4-6-9/h2-6,10-13H,7-8H2,1H3. The maximum atomic E-state index is 12.2. The number of alkyl halides is 2. The van der Waals surface area contributed by atoms with Crippen molar-refractivity contribution in [1.29, 1.82) is 0 Å². The molecule has 0 aromatic heterocycles. The van der Waals surface area contributed by atoms with E-state index in [4.69, 9.17) is 27.9 Å². The first-order valence-corrected chi connectivity index (χ1v) is 6.91. The minimum absolute atomic E-state index is 0.00138. The molecule has 1 aliphatic carbocycles. The zero-order valence-corrected chi connectivity index (χ0v) is 11.7. The van der Waals surface area contributed by atoms with Gasteiger partial charge in [0, 0.05) is 12.7 Å². The highest BCUT2D eigenvalue weighted by Crippen LogP contribution is 2.36. The molecule has 0 heterocycles. The summed E-state index contributed by atoms with van der Waals surface area (Å²) in [6.07, 6.45) is 1.48. The van der Waals surface area contributed by atoms with Gasteiger partial charge in [0.2, 0.25) is 0 Å². The number of halogens is 2. The second-order valence-corrected chi connectivity index (χ2v) is 5.68. The molecule has 0 aliphatic heterocycles. The fourth-order valence-electron chi connectivity index (χ4n) is 2.44. The number of hydrogen-bond acceptors (Lipinski definition) is 2. The molecule has 4 unspecified atom stereocenters. The van der Waals surface area contributed by atoms with Crippen LogP contribution in [0.1, 0.15) is 23.2 Å². The predicted molar refractivity (Wildman–Crippen MR) is 73.6 cm³/mol. The van der Waals surface area contributed by atoms with E-state index in [0.717, 1.165) is 12.8 Å². The normalized spacial score (nSPS) is 29.2. The van der Waals surface area contributed by atoms with Crippen LogP contribution in [-0.4, -0.2) is 29.8 Å². The van der Waals surface area contributed by atoms with E-state index in [-0.39, 0.29) is 23.2 Å². The van der Waals surface area contributed by atoms with Gasteiger partial charge in [0.05, 0.1) is 16.9 Å². The maximum Gasteiger partial charge on any atom is 0.180 e. The lowest BCUT2D eigenvalue weighted by molar-refractivity contribution is 0.0939. The van der Waals surface area contributed by atoms with Gasteiger partial charge in [-0.2, -0.15) is 0 Å². The van der Waals surface area contributed by atoms with Gasteiger partial charge < -0.3 is 4.74 Å². The molecule has 1 aromatic rings. The molecule has 0 amide bonds. The Labute approximate surface area is 117 Å². The zero-order chi connectivity index (χ0) is 13.1. The summed E-state index contributed by atoms with van der Waals surface area (Å²) in [7, 11) is 1.64. The summed E-state index contributed by atoms with van der Waals surface area (Å²) in [6.45, 7) is 0. The van der Waals surface area contributed by atoms with E-state index < -0.39 is 5.38 Å². The second kappa shape index (κ2) is 6.05. The lowest BCUT2D eigenvalue weighted by Crippen LogP contribution is -2.23. The van der Waals surface area contributed by atoms with Crippen molar-refractivity contribution in [3.63, 3.8) is 0 Å². The first-order valence-electron chi connectivity index (χ1n) is 6.03. The van der Waals surface area contributed by atoms with Gasteiger partial charge in [0.15, 0.2) is 5.78 Å². The molecule has 18 heavy (non-hydrogen) atoms. The van der Waals surface area contributed by atoms with Crippen LogP contribution >= 0.6 is 23.2 Å². The lowest BCUT2D eigenvalue weighted by Gasteiger charge is -2.15. The van der Waals surface area contributed by atoms with Crippen molar-refractivity contribution in [1.82, 2.24) is 0 Å². The number of carbonyl (C=O) groups excluding carboxylic acids is 1. The van der Waals surface area contributed by atoms with Gasteiger partial charge >= 0.3 is 0 Å². The van der Waals surface area contributed by atoms with Crippen LogP contribution < -0.4 is 0 Å². The Hall–Kier alpha value is -0.570. The van der Waals surface area contributed by atoms with Crippen LogP contribution in [0.3, 0.4) is 0 Å². The molecule has 1 aromatic carbocycles. The fraction of sp³-hybridized carbons (Fsp3) is 0.500. The highest BCUT2D eigenvalue weighted by Gasteiger charge is 2.39. The summed E-state index contributed by atoms with van der Waals surface area (Å²) in [5.74, 6) is 0.0645.